The molecule has 0 N–H and O–H groups in total. The highest BCUT2D eigenvalue weighted by Gasteiger charge is 1.95. The Kier molecular flexibility index (Phi) is 3.59. The molecule has 0 saturated heterocycles. The molecule has 2 aliphatic rings. The first kappa shape index (κ1) is 8.18. The zero-order valence-electron chi connectivity index (χ0n) is 6.88. The van der Waals surface area contributed by atoms with Crippen molar-refractivity contribution >= 4 is 0 Å². The van der Waals surface area contributed by atoms with Crippen LogP contribution in [0.1, 0.15) is 19.8 Å². The van der Waals surface area contributed by atoms with Crippen molar-refractivity contribution in [1.82, 2.24) is 0 Å². The van der Waals surface area contributed by atoms with Gasteiger partial charge >= 0.3 is 0 Å². The van der Waals surface area contributed by atoms with E-state index >= 15 is 0 Å². The van der Waals surface area contributed by atoms with Crippen LogP contribution in [0.15, 0.2) is 24.2 Å². The van der Waals surface area contributed by atoms with Crippen molar-refractivity contribution in [1.29, 1.82) is 0 Å². The summed E-state index contributed by atoms with van der Waals surface area (Å²) >= 11 is 0. The van der Waals surface area contributed by atoms with Gasteiger partial charge in [-0.25, -0.2) is 0 Å². The van der Waals surface area contributed by atoms with E-state index in [9.17, 15) is 0 Å². The van der Waals surface area contributed by atoms with E-state index in [0.717, 1.165) is 26.1 Å². The van der Waals surface area contributed by atoms with Gasteiger partial charge in [0.2, 0.25) is 0 Å². The molecular formula is C9H14O2. The van der Waals surface area contributed by atoms with Crippen molar-refractivity contribution in [3.05, 3.63) is 24.2 Å². The third-order valence-electron chi connectivity index (χ3n) is 1.49. The summed E-state index contributed by atoms with van der Waals surface area (Å²) in [7, 11) is 0. The molecule has 2 rings (SSSR count). The number of hydrogen-bond donors (Lipinski definition) is 0. The van der Waals surface area contributed by atoms with E-state index < -0.39 is 0 Å². The van der Waals surface area contributed by atoms with Crippen molar-refractivity contribution in [2.45, 2.75) is 19.8 Å². The number of rotatable bonds is 0. The lowest BCUT2D eigenvalue weighted by Crippen LogP contribution is -1.72. The fourth-order valence-electron chi connectivity index (χ4n) is 0.820. The molecule has 0 fully saturated rings. The monoisotopic (exact) mass is 154 g/mol. The summed E-state index contributed by atoms with van der Waals surface area (Å²) in [5.41, 5.74) is 1.36. The van der Waals surface area contributed by atoms with Crippen molar-refractivity contribution in [3.8, 4) is 0 Å². The van der Waals surface area contributed by atoms with Crippen molar-refractivity contribution in [3.63, 3.8) is 0 Å². The normalized spacial score (nSPS) is 19.5. The van der Waals surface area contributed by atoms with Gasteiger partial charge in [0.1, 0.15) is 0 Å². The molecule has 0 aliphatic carbocycles. The highest BCUT2D eigenvalue weighted by Crippen LogP contribution is 2.06. The summed E-state index contributed by atoms with van der Waals surface area (Å²) in [6, 6.07) is 0. The second kappa shape index (κ2) is 4.83. The number of ether oxygens (including phenoxy) is 2. The molecule has 2 aliphatic heterocycles. The Labute approximate surface area is 67.5 Å². The minimum Gasteiger partial charge on any atom is -0.501 e. The smallest absolute Gasteiger partial charge is 0.0911 e. The van der Waals surface area contributed by atoms with E-state index in [-0.39, 0.29) is 0 Å². The minimum atomic E-state index is 0.889. The van der Waals surface area contributed by atoms with Crippen LogP contribution in [0, 0.1) is 0 Å². The summed E-state index contributed by atoms with van der Waals surface area (Å²) in [6.07, 6.45) is 7.79. The molecule has 0 aromatic rings. The van der Waals surface area contributed by atoms with Gasteiger partial charge in [-0.15, -0.1) is 0 Å². The molecule has 0 atom stereocenters. The molecule has 2 heteroatoms. The van der Waals surface area contributed by atoms with Crippen LogP contribution in [0.4, 0.5) is 0 Å². The Morgan fingerprint density at radius 2 is 2.18 bits per heavy atom. The largest absolute Gasteiger partial charge is 0.501 e. The van der Waals surface area contributed by atoms with Crippen LogP contribution in [-0.2, 0) is 9.47 Å². The van der Waals surface area contributed by atoms with Crippen LogP contribution < -0.4 is 0 Å². The van der Waals surface area contributed by atoms with Crippen molar-refractivity contribution in [2.75, 3.05) is 13.2 Å². The lowest BCUT2D eigenvalue weighted by Gasteiger charge is -1.80. The van der Waals surface area contributed by atoms with Gasteiger partial charge in [-0.05, 0) is 18.6 Å². The fourth-order valence-corrected chi connectivity index (χ4v) is 0.820. The van der Waals surface area contributed by atoms with Gasteiger partial charge < -0.3 is 9.47 Å². The van der Waals surface area contributed by atoms with Crippen LogP contribution in [0.2, 0.25) is 0 Å². The third kappa shape index (κ3) is 3.71. The summed E-state index contributed by atoms with van der Waals surface area (Å²) in [6.45, 7) is 3.86. The molecule has 0 aromatic carbocycles. The van der Waals surface area contributed by atoms with Gasteiger partial charge in [-0.3, -0.25) is 0 Å². The van der Waals surface area contributed by atoms with Gasteiger partial charge in [-0.2, -0.15) is 0 Å². The fraction of sp³-hybridized carbons (Fsp3) is 0.556. The minimum absolute atomic E-state index is 0.889. The van der Waals surface area contributed by atoms with E-state index in [1.807, 2.05) is 12.3 Å². The molecule has 0 amide bonds. The Hall–Kier alpha value is -0.920. The molecule has 0 radical (unpaired) electrons. The second-order valence-electron chi connectivity index (χ2n) is 2.62. The average molecular weight is 154 g/mol. The SMILES string of the molecule is C1=COCC1.CC1=COCC1. The van der Waals surface area contributed by atoms with Crippen LogP contribution in [0.3, 0.4) is 0 Å². The lowest BCUT2D eigenvalue weighted by atomic mass is 10.3. The van der Waals surface area contributed by atoms with Crippen LogP contribution in [0.25, 0.3) is 0 Å². The maximum Gasteiger partial charge on any atom is 0.0911 e. The van der Waals surface area contributed by atoms with E-state index in [0.29, 0.717) is 0 Å². The second-order valence-corrected chi connectivity index (χ2v) is 2.62. The maximum absolute atomic E-state index is 4.89. The Morgan fingerprint density at radius 3 is 2.36 bits per heavy atom. The van der Waals surface area contributed by atoms with E-state index in [1.165, 1.54) is 5.57 Å². The average Bonchev–Trinajstić information content (AvgIpc) is 2.57. The Morgan fingerprint density at radius 1 is 1.27 bits per heavy atom. The first-order valence-electron chi connectivity index (χ1n) is 3.93. The standard InChI is InChI=1S/C5H8O.C4H6O/c1-5-2-3-6-4-5;1-2-4-5-3-1/h4H,2-3H2,1H3;1,3H,2,4H2. The Balaban J connectivity index is 0.000000112. The molecule has 62 valence electrons. The molecule has 2 nitrogen and oxygen atoms in total. The summed E-state index contributed by atoms with van der Waals surface area (Å²) < 4.78 is 9.66. The first-order valence-corrected chi connectivity index (χ1v) is 3.93. The van der Waals surface area contributed by atoms with E-state index in [1.54, 1.807) is 6.26 Å². The van der Waals surface area contributed by atoms with Crippen LogP contribution >= 0.6 is 0 Å². The topological polar surface area (TPSA) is 18.5 Å². The molecule has 0 spiro atoms. The van der Waals surface area contributed by atoms with Crippen molar-refractivity contribution in [2.24, 2.45) is 0 Å². The van der Waals surface area contributed by atoms with E-state index in [2.05, 4.69) is 6.92 Å². The van der Waals surface area contributed by atoms with Gasteiger partial charge in [0.15, 0.2) is 0 Å². The molecule has 11 heavy (non-hydrogen) atoms. The first-order chi connectivity index (χ1) is 5.39. The zero-order chi connectivity index (χ0) is 7.94. The van der Waals surface area contributed by atoms with Crippen LogP contribution in [0.5, 0.6) is 0 Å². The third-order valence-corrected chi connectivity index (χ3v) is 1.49. The van der Waals surface area contributed by atoms with Gasteiger partial charge in [0.25, 0.3) is 0 Å². The highest BCUT2D eigenvalue weighted by atomic mass is 16.5. The highest BCUT2D eigenvalue weighted by molar-refractivity contribution is 4.96. The van der Waals surface area contributed by atoms with Crippen LogP contribution in [-0.4, -0.2) is 13.2 Å². The van der Waals surface area contributed by atoms with Crippen molar-refractivity contribution < 1.29 is 9.47 Å². The zero-order valence-corrected chi connectivity index (χ0v) is 6.88. The molecule has 0 unspecified atom stereocenters. The number of hydrogen-bond acceptors (Lipinski definition) is 2. The van der Waals surface area contributed by atoms with Gasteiger partial charge in [0, 0.05) is 12.8 Å². The maximum atomic E-state index is 4.89. The quantitative estimate of drug-likeness (QED) is 0.532. The lowest BCUT2D eigenvalue weighted by molar-refractivity contribution is 0.281. The van der Waals surface area contributed by atoms with Gasteiger partial charge in [0.05, 0.1) is 25.7 Å². The predicted octanol–water partition coefficient (Wildman–Crippen LogP) is 2.23. The molecular weight excluding hydrogens is 140 g/mol. The van der Waals surface area contributed by atoms with E-state index in [4.69, 9.17) is 9.47 Å². The summed E-state index contributed by atoms with van der Waals surface area (Å²) in [5, 5.41) is 0. The summed E-state index contributed by atoms with van der Waals surface area (Å²) in [4.78, 5) is 0. The molecule has 2 heterocycles. The Bertz CT molecular complexity index is 153. The molecule has 0 saturated carbocycles. The summed E-state index contributed by atoms with van der Waals surface area (Å²) in [5.74, 6) is 0. The molecule has 0 aromatic heterocycles. The predicted molar refractivity (Wildman–Crippen MR) is 44.0 cm³/mol. The van der Waals surface area contributed by atoms with Gasteiger partial charge in [-0.1, -0.05) is 0 Å². The molecule has 0 bridgehead atoms.